The van der Waals surface area contributed by atoms with E-state index in [9.17, 15) is 0 Å². The maximum atomic E-state index is 5.45. The molecular weight excluding hydrogens is 147 g/mol. The third-order valence-electron chi connectivity index (χ3n) is 1.39. The van der Waals surface area contributed by atoms with Crippen LogP contribution in [0.15, 0.2) is 0 Å². The van der Waals surface area contributed by atoms with Gasteiger partial charge in [-0.25, -0.2) is 0 Å². The van der Waals surface area contributed by atoms with E-state index in [1.165, 1.54) is 25.2 Å². The average Bonchev–Trinajstić information content (AvgIpc) is 1.64. The lowest BCUT2D eigenvalue weighted by molar-refractivity contribution is 1.05. The topological polar surface area (TPSA) is 0 Å². The highest BCUT2D eigenvalue weighted by atomic mass is 32.4. The molecule has 0 bridgehead atoms. The van der Waals surface area contributed by atoms with Crippen LogP contribution in [0.4, 0.5) is 0 Å². The standard InChI is InChI=1S/C7H17PS/c1-4-6-8(3,9)7-5-2/h4-7H2,1-3H3. The van der Waals surface area contributed by atoms with E-state index in [1.807, 2.05) is 0 Å². The second-order valence-electron chi connectivity index (χ2n) is 2.74. The van der Waals surface area contributed by atoms with Crippen LogP contribution in [0.5, 0.6) is 0 Å². The molecule has 0 spiro atoms. The summed E-state index contributed by atoms with van der Waals surface area (Å²) in [6.07, 6.45) is 5.15. The van der Waals surface area contributed by atoms with Crippen molar-refractivity contribution in [2.45, 2.75) is 26.7 Å². The third-order valence-corrected chi connectivity index (χ3v) is 5.28. The molecule has 0 aliphatic rings. The Bertz CT molecular complexity index is 99.5. The van der Waals surface area contributed by atoms with Crippen molar-refractivity contribution in [3.63, 3.8) is 0 Å². The Kier molecular flexibility index (Phi) is 4.79. The molecule has 0 atom stereocenters. The van der Waals surface area contributed by atoms with Gasteiger partial charge in [0.05, 0.1) is 0 Å². The quantitative estimate of drug-likeness (QED) is 0.576. The first kappa shape index (κ1) is 9.65. The van der Waals surface area contributed by atoms with E-state index in [-0.39, 0.29) is 0 Å². The molecule has 0 aromatic heterocycles. The lowest BCUT2D eigenvalue weighted by atomic mass is 10.6. The molecule has 0 saturated heterocycles. The fourth-order valence-corrected chi connectivity index (χ4v) is 4.27. The second kappa shape index (κ2) is 4.46. The van der Waals surface area contributed by atoms with Crippen molar-refractivity contribution in [3.8, 4) is 0 Å². The average molecular weight is 164 g/mol. The number of hydrogen-bond acceptors (Lipinski definition) is 1. The van der Waals surface area contributed by atoms with E-state index in [4.69, 9.17) is 11.8 Å². The highest BCUT2D eigenvalue weighted by Gasteiger charge is 2.05. The van der Waals surface area contributed by atoms with Gasteiger partial charge in [0.15, 0.2) is 0 Å². The smallest absolute Gasteiger partial charge is 0.0240 e. The molecule has 0 radical (unpaired) electrons. The molecule has 0 heterocycles. The first-order valence-corrected chi connectivity index (χ1v) is 7.30. The molecule has 0 N–H and O–H groups in total. The summed E-state index contributed by atoms with van der Waals surface area (Å²) >= 11 is 5.45. The zero-order valence-electron chi connectivity index (χ0n) is 6.68. The maximum Gasteiger partial charge on any atom is -0.0240 e. The van der Waals surface area contributed by atoms with Gasteiger partial charge in [-0.15, -0.1) is 0 Å². The van der Waals surface area contributed by atoms with Crippen molar-refractivity contribution in [1.29, 1.82) is 0 Å². The molecule has 2 heteroatoms. The van der Waals surface area contributed by atoms with E-state index in [2.05, 4.69) is 20.5 Å². The van der Waals surface area contributed by atoms with E-state index < -0.39 is 6.04 Å². The molecule has 0 unspecified atom stereocenters. The molecule has 0 saturated carbocycles. The van der Waals surface area contributed by atoms with Crippen LogP contribution in [-0.4, -0.2) is 19.0 Å². The van der Waals surface area contributed by atoms with Crippen LogP contribution in [0.2, 0.25) is 0 Å². The number of rotatable bonds is 4. The molecule has 0 amide bonds. The Morgan fingerprint density at radius 1 is 1.11 bits per heavy atom. The summed E-state index contributed by atoms with van der Waals surface area (Å²) < 4.78 is 0. The van der Waals surface area contributed by atoms with Crippen molar-refractivity contribution in [2.24, 2.45) is 0 Å². The van der Waals surface area contributed by atoms with Crippen molar-refractivity contribution in [2.75, 3.05) is 19.0 Å². The van der Waals surface area contributed by atoms with Gasteiger partial charge in [-0.3, -0.25) is 0 Å². The molecule has 9 heavy (non-hydrogen) atoms. The van der Waals surface area contributed by atoms with Crippen LogP contribution < -0.4 is 0 Å². The molecular formula is C7H17PS. The van der Waals surface area contributed by atoms with Gasteiger partial charge in [0.2, 0.25) is 0 Å². The lowest BCUT2D eigenvalue weighted by Gasteiger charge is -2.13. The summed E-state index contributed by atoms with van der Waals surface area (Å²) in [5.74, 6) is 0. The van der Waals surface area contributed by atoms with Crippen molar-refractivity contribution >= 4 is 17.8 Å². The Morgan fingerprint density at radius 2 is 1.44 bits per heavy atom. The molecule has 0 nitrogen and oxygen atoms in total. The Hall–Kier alpha value is 0.650. The summed E-state index contributed by atoms with van der Waals surface area (Å²) in [5.41, 5.74) is 0. The molecule has 56 valence electrons. The minimum absolute atomic E-state index is 0.859. The highest BCUT2D eigenvalue weighted by Crippen LogP contribution is 2.42. The van der Waals surface area contributed by atoms with Crippen molar-refractivity contribution in [1.82, 2.24) is 0 Å². The number of hydrogen-bond donors (Lipinski definition) is 0. The predicted octanol–water partition coefficient (Wildman–Crippen LogP) is 2.92. The molecule has 0 aromatic carbocycles. The van der Waals surface area contributed by atoms with Gasteiger partial charge in [-0.05, 0) is 25.0 Å². The minimum Gasteiger partial charge on any atom is -0.0978 e. The van der Waals surface area contributed by atoms with Gasteiger partial charge in [0.25, 0.3) is 0 Å². The van der Waals surface area contributed by atoms with Gasteiger partial charge >= 0.3 is 0 Å². The summed E-state index contributed by atoms with van der Waals surface area (Å²) in [6, 6.07) is -0.859. The van der Waals surface area contributed by atoms with Crippen molar-refractivity contribution < 1.29 is 0 Å². The van der Waals surface area contributed by atoms with Crippen LogP contribution >= 0.6 is 6.04 Å². The molecule has 0 rings (SSSR count). The lowest BCUT2D eigenvalue weighted by Crippen LogP contribution is -1.90. The van der Waals surface area contributed by atoms with E-state index >= 15 is 0 Å². The van der Waals surface area contributed by atoms with E-state index in [1.54, 1.807) is 0 Å². The molecule has 0 aromatic rings. The first-order chi connectivity index (χ1) is 4.12. The second-order valence-corrected chi connectivity index (χ2v) is 8.88. The zero-order valence-corrected chi connectivity index (χ0v) is 8.39. The first-order valence-electron chi connectivity index (χ1n) is 3.68. The van der Waals surface area contributed by atoms with Crippen LogP contribution in [0.3, 0.4) is 0 Å². The van der Waals surface area contributed by atoms with E-state index in [0.29, 0.717) is 0 Å². The van der Waals surface area contributed by atoms with E-state index in [0.717, 1.165) is 0 Å². The van der Waals surface area contributed by atoms with Crippen LogP contribution in [-0.2, 0) is 11.8 Å². The SMILES string of the molecule is CCCP(C)(=S)CCC. The molecule has 0 aliphatic carbocycles. The Labute approximate surface area is 64.0 Å². The summed E-state index contributed by atoms with van der Waals surface area (Å²) in [6.45, 7) is 6.73. The summed E-state index contributed by atoms with van der Waals surface area (Å²) in [4.78, 5) is 0. The Balaban J connectivity index is 3.58. The zero-order chi connectivity index (χ0) is 7.33. The van der Waals surface area contributed by atoms with Gasteiger partial charge in [-0.2, -0.15) is 0 Å². The maximum absolute atomic E-state index is 5.45. The van der Waals surface area contributed by atoms with Crippen molar-refractivity contribution in [3.05, 3.63) is 0 Å². The minimum atomic E-state index is -0.859. The fraction of sp³-hybridized carbons (Fsp3) is 1.00. The van der Waals surface area contributed by atoms with Crippen LogP contribution in [0.25, 0.3) is 0 Å². The fourth-order valence-electron chi connectivity index (χ4n) is 1.06. The molecule has 0 fully saturated rings. The highest BCUT2D eigenvalue weighted by molar-refractivity contribution is 8.14. The van der Waals surface area contributed by atoms with Crippen LogP contribution in [0.1, 0.15) is 26.7 Å². The van der Waals surface area contributed by atoms with Gasteiger partial charge in [-0.1, -0.05) is 38.5 Å². The largest absolute Gasteiger partial charge is 0.0978 e. The van der Waals surface area contributed by atoms with Gasteiger partial charge < -0.3 is 0 Å². The monoisotopic (exact) mass is 164 g/mol. The van der Waals surface area contributed by atoms with Gasteiger partial charge in [0.1, 0.15) is 0 Å². The Morgan fingerprint density at radius 3 is 1.67 bits per heavy atom. The van der Waals surface area contributed by atoms with Crippen LogP contribution in [0, 0.1) is 0 Å². The van der Waals surface area contributed by atoms with Gasteiger partial charge in [0, 0.05) is 0 Å². The third kappa shape index (κ3) is 5.11. The predicted molar refractivity (Wildman–Crippen MR) is 50.5 cm³/mol. The summed E-state index contributed by atoms with van der Waals surface area (Å²) in [7, 11) is 0. The molecule has 0 aliphatic heterocycles. The normalized spacial score (nSPS) is 11.9. The summed E-state index contributed by atoms with van der Waals surface area (Å²) in [5, 5.41) is 0.